The minimum Gasteiger partial charge on any atom is -0.507 e. The van der Waals surface area contributed by atoms with Crippen LogP contribution in [0.1, 0.15) is 15.9 Å². The summed E-state index contributed by atoms with van der Waals surface area (Å²) in [6.45, 7) is 0. The Bertz CT molecular complexity index is 1230. The van der Waals surface area contributed by atoms with Crippen molar-refractivity contribution in [3.8, 4) is 16.9 Å². The number of rotatable bonds is 6. The molecule has 0 aromatic heterocycles. The van der Waals surface area contributed by atoms with Gasteiger partial charge in [0.25, 0.3) is 5.91 Å². The number of carbonyl (C=O) groups excluding carboxylic acids is 1. The Balaban J connectivity index is 1.51. The molecule has 0 fully saturated rings. The third-order valence-corrected chi connectivity index (χ3v) is 5.21. The van der Waals surface area contributed by atoms with E-state index in [1.807, 2.05) is 78.9 Å². The van der Waals surface area contributed by atoms with Gasteiger partial charge in [0.05, 0.1) is 5.56 Å². The van der Waals surface area contributed by atoms with Crippen LogP contribution in [0.15, 0.2) is 91.0 Å². The van der Waals surface area contributed by atoms with Crippen LogP contribution in [0.3, 0.4) is 0 Å². The van der Waals surface area contributed by atoms with Crippen molar-refractivity contribution < 1.29 is 19.8 Å². The predicted octanol–water partition coefficient (Wildman–Crippen LogP) is 4.64. The molecule has 0 aliphatic carbocycles. The number of benzene rings is 4. The molecular weight excluding hydrogens is 390 g/mol. The standard InChI is InChI=1S/C26H21NO4/c28-24-16-21-9-5-4-8-20(21)15-22(24)25(29)27-23(26(30)31)14-17-10-12-19(13-11-17)18-6-2-1-3-7-18/h1-13,15-16,23,28H,14H2,(H,27,29)(H,30,31)/t23-/m0/s1. The van der Waals surface area contributed by atoms with Crippen LogP contribution >= 0.6 is 0 Å². The number of hydrogen-bond acceptors (Lipinski definition) is 3. The summed E-state index contributed by atoms with van der Waals surface area (Å²) in [6.07, 6.45) is 0.129. The van der Waals surface area contributed by atoms with Gasteiger partial charge in [0.2, 0.25) is 0 Å². The minimum absolute atomic E-state index is 0.0457. The fraction of sp³-hybridized carbons (Fsp3) is 0.0769. The maximum Gasteiger partial charge on any atom is 0.326 e. The molecule has 31 heavy (non-hydrogen) atoms. The topological polar surface area (TPSA) is 86.6 Å². The van der Waals surface area contributed by atoms with E-state index in [0.29, 0.717) is 0 Å². The zero-order chi connectivity index (χ0) is 21.8. The van der Waals surface area contributed by atoms with Crippen molar-refractivity contribution in [1.82, 2.24) is 5.32 Å². The lowest BCUT2D eigenvalue weighted by Gasteiger charge is -2.16. The first kappa shape index (κ1) is 20.2. The molecule has 0 bridgehead atoms. The van der Waals surface area contributed by atoms with Crippen LogP contribution < -0.4 is 5.32 Å². The summed E-state index contributed by atoms with van der Waals surface area (Å²) >= 11 is 0. The molecule has 0 saturated heterocycles. The number of carbonyl (C=O) groups is 2. The Morgan fingerprint density at radius 2 is 1.35 bits per heavy atom. The van der Waals surface area contributed by atoms with Gasteiger partial charge < -0.3 is 15.5 Å². The lowest BCUT2D eigenvalue weighted by Crippen LogP contribution is -2.42. The maximum atomic E-state index is 12.7. The summed E-state index contributed by atoms with van der Waals surface area (Å²) in [5.74, 6) is -1.95. The van der Waals surface area contributed by atoms with Gasteiger partial charge in [-0.2, -0.15) is 0 Å². The van der Waals surface area contributed by atoms with E-state index in [9.17, 15) is 19.8 Å². The average molecular weight is 411 g/mol. The smallest absolute Gasteiger partial charge is 0.326 e. The zero-order valence-electron chi connectivity index (χ0n) is 16.7. The molecule has 3 N–H and O–H groups in total. The van der Waals surface area contributed by atoms with Crippen LogP contribution in [0.4, 0.5) is 0 Å². The number of amides is 1. The van der Waals surface area contributed by atoms with E-state index in [1.165, 1.54) is 6.07 Å². The Morgan fingerprint density at radius 3 is 2.00 bits per heavy atom. The molecule has 0 aliphatic heterocycles. The Labute approximate surface area is 179 Å². The van der Waals surface area contributed by atoms with E-state index in [4.69, 9.17) is 0 Å². The number of fused-ring (bicyclic) bond motifs is 1. The van der Waals surface area contributed by atoms with E-state index in [-0.39, 0.29) is 17.7 Å². The van der Waals surface area contributed by atoms with Gasteiger partial charge in [0.15, 0.2) is 0 Å². The average Bonchev–Trinajstić information content (AvgIpc) is 2.79. The van der Waals surface area contributed by atoms with Crippen molar-refractivity contribution in [2.24, 2.45) is 0 Å². The molecule has 5 nitrogen and oxygen atoms in total. The monoisotopic (exact) mass is 411 g/mol. The van der Waals surface area contributed by atoms with Gasteiger partial charge in [-0.1, -0.05) is 78.9 Å². The number of carboxylic acids is 1. The van der Waals surface area contributed by atoms with Gasteiger partial charge in [-0.05, 0) is 39.6 Å². The van der Waals surface area contributed by atoms with E-state index in [1.54, 1.807) is 6.07 Å². The number of aliphatic carboxylic acids is 1. The van der Waals surface area contributed by atoms with Crippen molar-refractivity contribution in [2.45, 2.75) is 12.5 Å². The van der Waals surface area contributed by atoms with Gasteiger partial charge in [-0.25, -0.2) is 4.79 Å². The Kier molecular flexibility index (Phi) is 5.67. The number of nitrogens with one attached hydrogen (secondary N) is 1. The van der Waals surface area contributed by atoms with E-state index >= 15 is 0 Å². The molecule has 0 radical (unpaired) electrons. The highest BCUT2D eigenvalue weighted by Gasteiger charge is 2.23. The number of phenolic OH excluding ortho intramolecular Hbond substituents is 1. The third-order valence-electron chi connectivity index (χ3n) is 5.21. The zero-order valence-corrected chi connectivity index (χ0v) is 16.7. The number of aromatic hydroxyl groups is 1. The van der Waals surface area contributed by atoms with Crippen molar-refractivity contribution in [2.75, 3.05) is 0 Å². The summed E-state index contributed by atoms with van der Waals surface area (Å²) in [5.41, 5.74) is 2.93. The van der Waals surface area contributed by atoms with Crippen LogP contribution in [0.2, 0.25) is 0 Å². The summed E-state index contributed by atoms with van der Waals surface area (Å²) in [7, 11) is 0. The highest BCUT2D eigenvalue weighted by Crippen LogP contribution is 2.25. The normalized spacial score (nSPS) is 11.7. The first-order valence-corrected chi connectivity index (χ1v) is 9.91. The van der Waals surface area contributed by atoms with E-state index in [0.717, 1.165) is 27.5 Å². The molecule has 154 valence electrons. The SMILES string of the molecule is O=C(N[C@@H](Cc1ccc(-c2ccccc2)cc1)C(=O)O)c1cc2ccccc2cc1O. The van der Waals surface area contributed by atoms with Crippen molar-refractivity contribution in [1.29, 1.82) is 0 Å². The van der Waals surface area contributed by atoms with Crippen molar-refractivity contribution in [3.63, 3.8) is 0 Å². The quantitative estimate of drug-likeness (QED) is 0.431. The Morgan fingerprint density at radius 1 is 0.774 bits per heavy atom. The molecule has 0 aliphatic rings. The van der Waals surface area contributed by atoms with E-state index in [2.05, 4.69) is 5.32 Å². The second-order valence-corrected chi connectivity index (χ2v) is 7.35. The van der Waals surface area contributed by atoms with Crippen LogP contribution in [-0.4, -0.2) is 28.1 Å². The van der Waals surface area contributed by atoms with Crippen molar-refractivity contribution >= 4 is 22.6 Å². The molecule has 4 aromatic carbocycles. The summed E-state index contributed by atoms with van der Waals surface area (Å²) in [6, 6.07) is 26.7. The molecule has 1 amide bonds. The number of phenols is 1. The second-order valence-electron chi connectivity index (χ2n) is 7.35. The number of hydrogen-bond donors (Lipinski definition) is 3. The molecule has 4 aromatic rings. The summed E-state index contributed by atoms with van der Waals surface area (Å²) < 4.78 is 0. The lowest BCUT2D eigenvalue weighted by molar-refractivity contribution is -0.139. The first-order valence-electron chi connectivity index (χ1n) is 9.91. The van der Waals surface area contributed by atoms with Crippen LogP contribution in [-0.2, 0) is 11.2 Å². The fourth-order valence-corrected chi connectivity index (χ4v) is 3.55. The predicted molar refractivity (Wildman–Crippen MR) is 120 cm³/mol. The molecule has 1 atom stereocenters. The molecule has 4 rings (SSSR count). The molecule has 0 unspecified atom stereocenters. The lowest BCUT2D eigenvalue weighted by atomic mass is 10.00. The minimum atomic E-state index is -1.14. The summed E-state index contributed by atoms with van der Waals surface area (Å²) in [5, 5.41) is 24.0. The highest BCUT2D eigenvalue weighted by molar-refractivity contribution is 6.02. The maximum absolute atomic E-state index is 12.7. The van der Waals surface area contributed by atoms with Crippen molar-refractivity contribution in [3.05, 3.63) is 102 Å². The molecule has 0 heterocycles. The van der Waals surface area contributed by atoms with Crippen LogP contribution in [0.5, 0.6) is 5.75 Å². The third kappa shape index (κ3) is 4.56. The van der Waals surface area contributed by atoms with E-state index < -0.39 is 17.9 Å². The Hall–Kier alpha value is -4.12. The fourth-order valence-electron chi connectivity index (χ4n) is 3.55. The molecule has 0 saturated carbocycles. The van der Waals surface area contributed by atoms with Gasteiger partial charge in [-0.15, -0.1) is 0 Å². The molecule has 5 heteroatoms. The highest BCUT2D eigenvalue weighted by atomic mass is 16.4. The first-order chi connectivity index (χ1) is 15.0. The van der Waals surface area contributed by atoms with Gasteiger partial charge in [-0.3, -0.25) is 4.79 Å². The van der Waals surface area contributed by atoms with Gasteiger partial charge >= 0.3 is 5.97 Å². The van der Waals surface area contributed by atoms with Gasteiger partial charge in [0, 0.05) is 6.42 Å². The number of carboxylic acid groups (broad SMARTS) is 1. The van der Waals surface area contributed by atoms with Crippen LogP contribution in [0.25, 0.3) is 21.9 Å². The molecular formula is C26H21NO4. The second kappa shape index (κ2) is 8.71. The molecule has 0 spiro atoms. The van der Waals surface area contributed by atoms with Crippen LogP contribution in [0, 0.1) is 0 Å². The largest absolute Gasteiger partial charge is 0.507 e. The summed E-state index contributed by atoms with van der Waals surface area (Å²) in [4.78, 5) is 24.5. The van der Waals surface area contributed by atoms with Gasteiger partial charge in [0.1, 0.15) is 11.8 Å².